The second-order valence-electron chi connectivity index (χ2n) is 4.25. The van der Waals surface area contributed by atoms with E-state index >= 15 is 0 Å². The van der Waals surface area contributed by atoms with Crippen LogP contribution in [0.25, 0.3) is 0 Å². The minimum atomic E-state index is -1.56. The molecule has 0 fully saturated rings. The molecule has 100 valence electrons. The topological polar surface area (TPSA) is 76.5 Å². The third kappa shape index (κ3) is 2.69. The Hall–Kier alpha value is -1.43. The average molecular weight is 271 g/mol. The summed E-state index contributed by atoms with van der Waals surface area (Å²) in [4.78, 5) is 27.7. The molecule has 0 aliphatic rings. The lowest BCUT2D eigenvalue weighted by molar-refractivity contribution is -0.172. The number of aliphatic carboxylic acids is 1. The van der Waals surface area contributed by atoms with Crippen LogP contribution >= 0.6 is 11.3 Å². The van der Waals surface area contributed by atoms with Crippen molar-refractivity contribution in [2.45, 2.75) is 27.2 Å². The molecule has 5 nitrogen and oxygen atoms in total. The summed E-state index contributed by atoms with van der Waals surface area (Å²) >= 11 is 1.34. The van der Waals surface area contributed by atoms with Crippen LogP contribution in [-0.4, -0.2) is 28.6 Å². The number of carbonyl (C=O) groups is 2. The van der Waals surface area contributed by atoms with E-state index in [0.29, 0.717) is 5.01 Å². The van der Waals surface area contributed by atoms with Gasteiger partial charge in [-0.25, -0.2) is 4.98 Å². The Labute approximate surface area is 110 Å². The quantitative estimate of drug-likeness (QED) is 0.632. The van der Waals surface area contributed by atoms with Crippen molar-refractivity contribution in [1.29, 1.82) is 0 Å². The molecule has 6 heteroatoms. The summed E-state index contributed by atoms with van der Waals surface area (Å²) < 4.78 is 4.94. The fraction of sp³-hybridized carbons (Fsp3) is 0.583. The van der Waals surface area contributed by atoms with E-state index in [2.05, 4.69) is 4.98 Å². The Morgan fingerprint density at radius 3 is 2.61 bits per heavy atom. The van der Waals surface area contributed by atoms with Crippen LogP contribution in [0.3, 0.4) is 0 Å². The second-order valence-corrected chi connectivity index (χ2v) is 5.23. The first-order valence-corrected chi connectivity index (χ1v) is 6.62. The Balaban J connectivity index is 3.13. The molecule has 1 rings (SSSR count). The van der Waals surface area contributed by atoms with Crippen LogP contribution in [0.5, 0.6) is 0 Å². The lowest BCUT2D eigenvalue weighted by Gasteiger charge is -2.29. The number of esters is 1. The van der Waals surface area contributed by atoms with Gasteiger partial charge in [0.15, 0.2) is 5.41 Å². The first-order valence-electron chi connectivity index (χ1n) is 5.74. The van der Waals surface area contributed by atoms with Gasteiger partial charge >= 0.3 is 11.9 Å². The SMILES string of the molecule is CCOC(=O)C(Cc1nccs1)(C(=O)O)C(C)C. The normalized spacial score (nSPS) is 14.2. The van der Waals surface area contributed by atoms with Gasteiger partial charge in [-0.05, 0) is 12.8 Å². The van der Waals surface area contributed by atoms with E-state index in [-0.39, 0.29) is 18.9 Å². The molecule has 0 aliphatic carbocycles. The predicted octanol–water partition coefficient (Wildman–Crippen LogP) is 1.98. The van der Waals surface area contributed by atoms with Crippen molar-refractivity contribution >= 4 is 23.3 Å². The maximum atomic E-state index is 12.0. The highest BCUT2D eigenvalue weighted by molar-refractivity contribution is 7.09. The number of hydrogen-bond acceptors (Lipinski definition) is 5. The number of rotatable bonds is 6. The van der Waals surface area contributed by atoms with Crippen LogP contribution in [0, 0.1) is 11.3 Å². The predicted molar refractivity (Wildman–Crippen MR) is 67.4 cm³/mol. The van der Waals surface area contributed by atoms with Crippen LogP contribution in [0.4, 0.5) is 0 Å². The Morgan fingerprint density at radius 1 is 1.56 bits per heavy atom. The monoisotopic (exact) mass is 271 g/mol. The van der Waals surface area contributed by atoms with Crippen molar-refractivity contribution in [1.82, 2.24) is 4.98 Å². The van der Waals surface area contributed by atoms with E-state index in [0.717, 1.165) is 0 Å². The summed E-state index contributed by atoms with van der Waals surface area (Å²) in [5.41, 5.74) is -1.56. The maximum Gasteiger partial charge on any atom is 0.324 e. The zero-order valence-electron chi connectivity index (χ0n) is 10.7. The summed E-state index contributed by atoms with van der Waals surface area (Å²) in [7, 11) is 0. The minimum absolute atomic E-state index is 0.0660. The molecule has 0 bridgehead atoms. The van der Waals surface area contributed by atoms with E-state index in [4.69, 9.17) is 4.74 Å². The zero-order valence-corrected chi connectivity index (χ0v) is 11.5. The molecule has 0 saturated carbocycles. The van der Waals surface area contributed by atoms with E-state index in [1.807, 2.05) is 0 Å². The summed E-state index contributed by atoms with van der Waals surface area (Å²) in [6.07, 6.45) is 1.66. The standard InChI is InChI=1S/C12H17NO4S/c1-4-17-11(16)12(8(2)3,10(14)15)7-9-13-5-6-18-9/h5-6,8H,4,7H2,1-3H3,(H,14,15). The van der Waals surface area contributed by atoms with Crippen LogP contribution in [0.1, 0.15) is 25.8 Å². The van der Waals surface area contributed by atoms with Crippen molar-refractivity contribution < 1.29 is 19.4 Å². The van der Waals surface area contributed by atoms with E-state index in [1.54, 1.807) is 32.3 Å². The Bertz CT molecular complexity index is 416. The molecule has 18 heavy (non-hydrogen) atoms. The van der Waals surface area contributed by atoms with Gasteiger partial charge in [0.1, 0.15) is 0 Å². The van der Waals surface area contributed by atoms with Crippen LogP contribution in [0.2, 0.25) is 0 Å². The lowest BCUT2D eigenvalue weighted by Crippen LogP contribution is -2.46. The van der Waals surface area contributed by atoms with Gasteiger partial charge in [-0.1, -0.05) is 13.8 Å². The fourth-order valence-corrected chi connectivity index (χ4v) is 2.47. The van der Waals surface area contributed by atoms with Gasteiger partial charge in [-0.3, -0.25) is 9.59 Å². The Kier molecular flexibility index (Phi) is 4.84. The number of thiazole rings is 1. The summed E-state index contributed by atoms with van der Waals surface area (Å²) in [5, 5.41) is 11.8. The van der Waals surface area contributed by atoms with Gasteiger partial charge in [0.2, 0.25) is 0 Å². The largest absolute Gasteiger partial charge is 0.480 e. The smallest absolute Gasteiger partial charge is 0.324 e. The molecular weight excluding hydrogens is 254 g/mol. The zero-order chi connectivity index (χ0) is 13.8. The molecule has 1 atom stereocenters. The van der Waals surface area contributed by atoms with Crippen LogP contribution in [-0.2, 0) is 20.7 Å². The molecule has 1 aromatic heterocycles. The van der Waals surface area contributed by atoms with Gasteiger partial charge in [-0.15, -0.1) is 11.3 Å². The molecular formula is C12H17NO4S. The highest BCUT2D eigenvalue weighted by Gasteiger charge is 2.51. The van der Waals surface area contributed by atoms with E-state index in [9.17, 15) is 14.7 Å². The molecule has 0 spiro atoms. The molecule has 0 saturated heterocycles. The number of carboxylic acid groups (broad SMARTS) is 1. The van der Waals surface area contributed by atoms with Crippen molar-refractivity contribution in [3.05, 3.63) is 16.6 Å². The molecule has 1 aromatic rings. The van der Waals surface area contributed by atoms with Gasteiger partial charge in [-0.2, -0.15) is 0 Å². The molecule has 1 N–H and O–H groups in total. The first-order chi connectivity index (χ1) is 8.45. The second kappa shape index (κ2) is 5.95. The molecule has 1 heterocycles. The van der Waals surface area contributed by atoms with E-state index < -0.39 is 17.4 Å². The van der Waals surface area contributed by atoms with E-state index in [1.165, 1.54) is 11.3 Å². The summed E-state index contributed by atoms with van der Waals surface area (Å²) in [6, 6.07) is 0. The van der Waals surface area contributed by atoms with Gasteiger partial charge in [0, 0.05) is 18.0 Å². The number of hydrogen-bond donors (Lipinski definition) is 1. The molecule has 1 unspecified atom stereocenters. The summed E-state index contributed by atoms with van der Waals surface area (Å²) in [6.45, 7) is 5.24. The maximum absolute atomic E-state index is 12.0. The van der Waals surface area contributed by atoms with Gasteiger partial charge in [0.25, 0.3) is 0 Å². The van der Waals surface area contributed by atoms with Crippen molar-refractivity contribution in [3.63, 3.8) is 0 Å². The Morgan fingerprint density at radius 2 is 2.22 bits per heavy atom. The fourth-order valence-electron chi connectivity index (χ4n) is 1.76. The molecule has 0 aliphatic heterocycles. The summed E-state index contributed by atoms with van der Waals surface area (Å²) in [5.74, 6) is -2.23. The molecule has 0 aromatic carbocycles. The third-order valence-electron chi connectivity index (χ3n) is 2.92. The minimum Gasteiger partial charge on any atom is -0.480 e. The molecule has 0 amide bonds. The first kappa shape index (κ1) is 14.6. The van der Waals surface area contributed by atoms with Crippen LogP contribution in [0.15, 0.2) is 11.6 Å². The third-order valence-corrected chi connectivity index (χ3v) is 3.70. The van der Waals surface area contributed by atoms with Gasteiger partial charge < -0.3 is 9.84 Å². The van der Waals surface area contributed by atoms with Crippen molar-refractivity contribution in [3.8, 4) is 0 Å². The number of ether oxygens (including phenoxy) is 1. The van der Waals surface area contributed by atoms with Crippen molar-refractivity contribution in [2.24, 2.45) is 11.3 Å². The highest BCUT2D eigenvalue weighted by Crippen LogP contribution is 2.34. The number of carbonyl (C=O) groups excluding carboxylic acids is 1. The van der Waals surface area contributed by atoms with Gasteiger partial charge in [0.05, 0.1) is 11.6 Å². The average Bonchev–Trinajstić information content (AvgIpc) is 2.77. The molecule has 0 radical (unpaired) electrons. The number of nitrogens with zero attached hydrogens (tertiary/aromatic N) is 1. The van der Waals surface area contributed by atoms with Crippen LogP contribution < -0.4 is 0 Å². The number of aromatic nitrogens is 1. The van der Waals surface area contributed by atoms with Crippen molar-refractivity contribution in [2.75, 3.05) is 6.61 Å². The lowest BCUT2D eigenvalue weighted by atomic mass is 9.74. The highest BCUT2D eigenvalue weighted by atomic mass is 32.1. The number of carboxylic acids is 1.